The molecule has 0 aliphatic rings. The van der Waals surface area contributed by atoms with E-state index in [2.05, 4.69) is 10.3 Å². The molecule has 0 radical (unpaired) electrons. The van der Waals surface area contributed by atoms with Crippen molar-refractivity contribution in [2.45, 2.75) is 13.5 Å². The van der Waals surface area contributed by atoms with E-state index in [-0.39, 0.29) is 5.97 Å². The van der Waals surface area contributed by atoms with Gasteiger partial charge in [-0.3, -0.25) is 4.98 Å². The normalized spacial score (nSPS) is 10.7. The van der Waals surface area contributed by atoms with Crippen LogP contribution in [0.5, 0.6) is 5.75 Å². The lowest BCUT2D eigenvalue weighted by Crippen LogP contribution is -2.02. The molecule has 31 heavy (non-hydrogen) atoms. The molecule has 0 amide bonds. The fourth-order valence-electron chi connectivity index (χ4n) is 3.24. The van der Waals surface area contributed by atoms with Gasteiger partial charge in [0.2, 0.25) is 0 Å². The van der Waals surface area contributed by atoms with Gasteiger partial charge in [-0.25, -0.2) is 4.79 Å². The van der Waals surface area contributed by atoms with E-state index < -0.39 is 0 Å². The van der Waals surface area contributed by atoms with Crippen LogP contribution in [-0.2, 0) is 11.3 Å². The molecule has 0 aliphatic heterocycles. The van der Waals surface area contributed by atoms with Crippen molar-refractivity contribution in [3.05, 3.63) is 94.6 Å². The second kappa shape index (κ2) is 9.06. The van der Waals surface area contributed by atoms with E-state index in [0.29, 0.717) is 17.2 Å². The van der Waals surface area contributed by atoms with Crippen LogP contribution in [0, 0.1) is 6.92 Å². The van der Waals surface area contributed by atoms with Crippen LogP contribution in [0.1, 0.15) is 21.6 Å². The van der Waals surface area contributed by atoms with Crippen LogP contribution in [0.25, 0.3) is 10.9 Å². The van der Waals surface area contributed by atoms with Crippen molar-refractivity contribution in [1.82, 2.24) is 4.98 Å². The van der Waals surface area contributed by atoms with Crippen LogP contribution in [0.3, 0.4) is 0 Å². The number of hydrogen-bond acceptors (Lipinski definition) is 5. The second-order valence-corrected chi connectivity index (χ2v) is 7.54. The van der Waals surface area contributed by atoms with Gasteiger partial charge in [-0.05, 0) is 73.2 Å². The molecule has 0 saturated carbocycles. The maximum Gasteiger partial charge on any atom is 0.337 e. The highest BCUT2D eigenvalue weighted by molar-refractivity contribution is 6.30. The number of carbonyl (C=O) groups is 1. The Labute approximate surface area is 185 Å². The molecule has 0 saturated heterocycles. The first-order chi connectivity index (χ1) is 15.0. The highest BCUT2D eigenvalue weighted by Crippen LogP contribution is 2.28. The smallest absolute Gasteiger partial charge is 0.337 e. The molecule has 0 atom stereocenters. The summed E-state index contributed by atoms with van der Waals surface area (Å²) in [5.74, 6) is 0.389. The van der Waals surface area contributed by atoms with E-state index in [1.165, 1.54) is 7.11 Å². The zero-order valence-electron chi connectivity index (χ0n) is 17.2. The quantitative estimate of drug-likeness (QED) is 0.362. The average molecular weight is 433 g/mol. The Morgan fingerprint density at radius 3 is 2.45 bits per heavy atom. The van der Waals surface area contributed by atoms with Gasteiger partial charge < -0.3 is 14.8 Å². The number of esters is 1. The molecule has 1 heterocycles. The van der Waals surface area contributed by atoms with E-state index in [4.69, 9.17) is 21.1 Å². The third-order valence-corrected chi connectivity index (χ3v) is 5.06. The molecule has 6 heteroatoms. The Kier molecular flexibility index (Phi) is 6.05. The standard InChI is InChI=1S/C25H21ClN2O3/c1-16-13-24(22-14-18(25(29)30-2)5-12-23(22)27-16)28-20-8-10-21(11-9-20)31-15-17-3-6-19(26)7-4-17/h3-14H,15H2,1-2H3,(H,27,28). The molecule has 0 fully saturated rings. The molecule has 156 valence electrons. The third kappa shape index (κ3) is 4.95. The number of nitrogens with one attached hydrogen (secondary N) is 1. The molecular weight excluding hydrogens is 412 g/mol. The number of carbonyl (C=O) groups excluding carboxylic acids is 1. The summed E-state index contributed by atoms with van der Waals surface area (Å²) < 4.78 is 10.7. The van der Waals surface area contributed by atoms with E-state index >= 15 is 0 Å². The maximum absolute atomic E-state index is 11.9. The fourth-order valence-corrected chi connectivity index (χ4v) is 3.37. The fraction of sp³-hybridized carbons (Fsp3) is 0.120. The Balaban J connectivity index is 1.53. The Morgan fingerprint density at radius 2 is 1.74 bits per heavy atom. The summed E-state index contributed by atoms with van der Waals surface area (Å²) in [4.78, 5) is 16.5. The van der Waals surface area contributed by atoms with Gasteiger partial charge in [-0.2, -0.15) is 0 Å². The molecule has 3 aromatic carbocycles. The number of benzene rings is 3. The minimum absolute atomic E-state index is 0.379. The van der Waals surface area contributed by atoms with Crippen LogP contribution in [0.2, 0.25) is 5.02 Å². The molecule has 4 rings (SSSR count). The SMILES string of the molecule is COC(=O)c1ccc2nc(C)cc(Nc3ccc(OCc4ccc(Cl)cc4)cc3)c2c1. The summed E-state index contributed by atoms with van der Waals surface area (Å²) in [6.07, 6.45) is 0. The van der Waals surface area contributed by atoms with Crippen LogP contribution in [-0.4, -0.2) is 18.1 Å². The van der Waals surface area contributed by atoms with Gasteiger partial charge in [-0.15, -0.1) is 0 Å². The third-order valence-electron chi connectivity index (χ3n) is 4.81. The summed E-state index contributed by atoms with van der Waals surface area (Å²) in [7, 11) is 1.37. The van der Waals surface area contributed by atoms with Crippen LogP contribution in [0.4, 0.5) is 11.4 Å². The predicted molar refractivity (Wildman–Crippen MR) is 123 cm³/mol. The van der Waals surface area contributed by atoms with Gasteiger partial charge in [0, 0.05) is 27.5 Å². The first-order valence-corrected chi connectivity index (χ1v) is 10.1. The highest BCUT2D eigenvalue weighted by atomic mass is 35.5. The van der Waals surface area contributed by atoms with E-state index in [9.17, 15) is 4.79 Å². The number of aryl methyl sites for hydroxylation is 1. The van der Waals surface area contributed by atoms with E-state index in [1.807, 2.05) is 67.6 Å². The number of aromatic nitrogens is 1. The van der Waals surface area contributed by atoms with Gasteiger partial charge in [0.05, 0.1) is 18.2 Å². The molecule has 0 aliphatic carbocycles. The minimum atomic E-state index is -0.379. The predicted octanol–water partition coefficient (Wildman–Crippen LogP) is 6.31. The van der Waals surface area contributed by atoms with Crippen molar-refractivity contribution in [2.75, 3.05) is 12.4 Å². The summed E-state index contributed by atoms with van der Waals surface area (Å²) in [5, 5.41) is 4.97. The van der Waals surface area contributed by atoms with Gasteiger partial charge in [0.15, 0.2) is 0 Å². The maximum atomic E-state index is 11.9. The van der Waals surface area contributed by atoms with Gasteiger partial charge in [-0.1, -0.05) is 23.7 Å². The zero-order chi connectivity index (χ0) is 21.8. The van der Waals surface area contributed by atoms with Gasteiger partial charge in [0.1, 0.15) is 12.4 Å². The van der Waals surface area contributed by atoms with Gasteiger partial charge in [0.25, 0.3) is 0 Å². The molecule has 5 nitrogen and oxygen atoms in total. The summed E-state index contributed by atoms with van der Waals surface area (Å²) in [5.41, 5.74) is 4.97. The number of rotatable bonds is 6. The molecule has 0 bridgehead atoms. The topological polar surface area (TPSA) is 60.5 Å². The van der Waals surface area contributed by atoms with Crippen LogP contribution >= 0.6 is 11.6 Å². The lowest BCUT2D eigenvalue weighted by atomic mass is 10.1. The summed E-state index contributed by atoms with van der Waals surface area (Å²) >= 11 is 5.92. The molecule has 1 aromatic heterocycles. The lowest BCUT2D eigenvalue weighted by Gasteiger charge is -2.13. The number of nitrogens with zero attached hydrogens (tertiary/aromatic N) is 1. The largest absolute Gasteiger partial charge is 0.489 e. The van der Waals surface area contributed by atoms with Crippen molar-refractivity contribution in [1.29, 1.82) is 0 Å². The van der Waals surface area contributed by atoms with Crippen molar-refractivity contribution in [2.24, 2.45) is 0 Å². The number of methoxy groups -OCH3 is 1. The average Bonchev–Trinajstić information content (AvgIpc) is 2.79. The second-order valence-electron chi connectivity index (χ2n) is 7.10. The molecular formula is C25H21ClN2O3. The number of ether oxygens (including phenoxy) is 2. The van der Waals surface area contributed by atoms with Crippen molar-refractivity contribution >= 4 is 39.8 Å². The first-order valence-electron chi connectivity index (χ1n) is 9.76. The number of halogens is 1. The van der Waals surface area contributed by atoms with Gasteiger partial charge >= 0.3 is 5.97 Å². The number of anilines is 2. The lowest BCUT2D eigenvalue weighted by molar-refractivity contribution is 0.0601. The number of pyridine rings is 1. The Bertz CT molecular complexity index is 1220. The van der Waals surface area contributed by atoms with E-state index in [1.54, 1.807) is 12.1 Å². The van der Waals surface area contributed by atoms with E-state index in [0.717, 1.165) is 39.3 Å². The zero-order valence-corrected chi connectivity index (χ0v) is 17.9. The monoisotopic (exact) mass is 432 g/mol. The first kappa shape index (κ1) is 20.7. The molecule has 4 aromatic rings. The van der Waals surface area contributed by atoms with Crippen molar-refractivity contribution < 1.29 is 14.3 Å². The summed E-state index contributed by atoms with van der Waals surface area (Å²) in [6, 6.07) is 22.6. The molecule has 0 spiro atoms. The van der Waals surface area contributed by atoms with Crippen molar-refractivity contribution in [3.8, 4) is 5.75 Å². The Hall–Kier alpha value is -3.57. The highest BCUT2D eigenvalue weighted by Gasteiger charge is 2.10. The Morgan fingerprint density at radius 1 is 1.00 bits per heavy atom. The molecule has 1 N–H and O–H groups in total. The number of hydrogen-bond donors (Lipinski definition) is 1. The van der Waals surface area contributed by atoms with Crippen LogP contribution < -0.4 is 10.1 Å². The minimum Gasteiger partial charge on any atom is -0.489 e. The number of fused-ring (bicyclic) bond motifs is 1. The van der Waals surface area contributed by atoms with Crippen LogP contribution in [0.15, 0.2) is 72.8 Å². The van der Waals surface area contributed by atoms with Crippen molar-refractivity contribution in [3.63, 3.8) is 0 Å². The molecule has 0 unspecified atom stereocenters. The summed E-state index contributed by atoms with van der Waals surface area (Å²) in [6.45, 7) is 2.40.